The van der Waals surface area contributed by atoms with Crippen LogP contribution in [0.4, 0.5) is 0 Å². The molecule has 0 aromatic heterocycles. The average molecular weight is 242 g/mol. The van der Waals surface area contributed by atoms with E-state index < -0.39 is 5.97 Å². The Morgan fingerprint density at radius 1 is 1.41 bits per heavy atom. The lowest BCUT2D eigenvalue weighted by Crippen LogP contribution is -2.34. The van der Waals surface area contributed by atoms with Gasteiger partial charge in [0.2, 0.25) is 0 Å². The highest BCUT2D eigenvalue weighted by Crippen LogP contribution is 2.21. The molecule has 0 bridgehead atoms. The van der Waals surface area contributed by atoms with Gasteiger partial charge >= 0.3 is 5.97 Å². The van der Waals surface area contributed by atoms with Gasteiger partial charge in [-0.3, -0.25) is 0 Å². The number of rotatable bonds is 5. The molecule has 98 valence electrons. The van der Waals surface area contributed by atoms with Gasteiger partial charge in [-0.15, -0.1) is 0 Å². The largest absolute Gasteiger partial charge is 0.478 e. The Balaban J connectivity index is 2.37. The molecule has 4 heteroatoms. The molecule has 1 saturated heterocycles. The Morgan fingerprint density at radius 2 is 2.00 bits per heavy atom. The molecule has 0 amide bonds. The van der Waals surface area contributed by atoms with Gasteiger partial charge in [0.1, 0.15) is 0 Å². The maximum atomic E-state index is 10.8. The van der Waals surface area contributed by atoms with E-state index in [9.17, 15) is 4.79 Å². The highest BCUT2D eigenvalue weighted by atomic mass is 16.5. The first-order valence-electron chi connectivity index (χ1n) is 6.22. The minimum Gasteiger partial charge on any atom is -0.478 e. The summed E-state index contributed by atoms with van der Waals surface area (Å²) in [6.07, 6.45) is 4.57. The Kier molecular flexibility index (Phi) is 5.65. The van der Waals surface area contributed by atoms with Crippen molar-refractivity contribution in [2.45, 2.75) is 58.3 Å². The van der Waals surface area contributed by atoms with Crippen molar-refractivity contribution in [3.05, 3.63) is 11.6 Å². The van der Waals surface area contributed by atoms with E-state index in [1.807, 2.05) is 20.8 Å². The second kappa shape index (κ2) is 6.77. The molecule has 1 rings (SSSR count). The molecule has 2 unspecified atom stereocenters. The molecule has 0 aromatic rings. The summed E-state index contributed by atoms with van der Waals surface area (Å²) in [6.45, 7) is 6.28. The quantitative estimate of drug-likeness (QED) is 0.752. The van der Waals surface area contributed by atoms with Crippen molar-refractivity contribution >= 4 is 5.97 Å². The summed E-state index contributed by atoms with van der Waals surface area (Å²) in [7, 11) is 0. The van der Waals surface area contributed by atoms with Crippen LogP contribution in [0, 0.1) is 0 Å². The molecule has 4 nitrogen and oxygen atoms in total. The van der Waals surface area contributed by atoms with E-state index in [1.165, 1.54) is 0 Å². The highest BCUT2D eigenvalue weighted by Gasteiger charge is 2.24. The van der Waals surface area contributed by atoms with E-state index in [2.05, 4.69) is 0 Å². The lowest BCUT2D eigenvalue weighted by molar-refractivity contribution is -0.132. The van der Waals surface area contributed by atoms with Crippen molar-refractivity contribution in [1.82, 2.24) is 0 Å². The van der Waals surface area contributed by atoms with Crippen molar-refractivity contribution in [3.8, 4) is 0 Å². The third kappa shape index (κ3) is 4.88. The second-order valence-corrected chi connectivity index (χ2v) is 4.57. The smallest absolute Gasteiger partial charge is 0.331 e. The Hall–Kier alpha value is -0.870. The van der Waals surface area contributed by atoms with Gasteiger partial charge in [0, 0.05) is 5.57 Å². The van der Waals surface area contributed by atoms with Crippen molar-refractivity contribution in [2.24, 2.45) is 0 Å². The molecule has 17 heavy (non-hydrogen) atoms. The molecule has 0 aromatic carbocycles. The average Bonchev–Trinajstić information content (AvgIpc) is 2.22. The third-order valence-corrected chi connectivity index (χ3v) is 2.97. The molecule has 2 atom stereocenters. The molecule has 1 aliphatic rings. The van der Waals surface area contributed by atoms with Crippen LogP contribution in [0.1, 0.15) is 40.0 Å². The number of aliphatic carboxylic acids is 1. The maximum absolute atomic E-state index is 10.8. The molecule has 1 aliphatic heterocycles. The van der Waals surface area contributed by atoms with Crippen LogP contribution in [0.25, 0.3) is 0 Å². The highest BCUT2D eigenvalue weighted by molar-refractivity contribution is 5.86. The molecular formula is C13H22O4. The molecule has 1 N–H and O–H groups in total. The predicted molar refractivity (Wildman–Crippen MR) is 65.0 cm³/mol. The molecule has 0 saturated carbocycles. The van der Waals surface area contributed by atoms with E-state index in [-0.39, 0.29) is 18.3 Å². The van der Waals surface area contributed by atoms with Crippen LogP contribution in [0.3, 0.4) is 0 Å². The van der Waals surface area contributed by atoms with Gasteiger partial charge in [-0.25, -0.2) is 4.79 Å². The molecule has 0 radical (unpaired) electrons. The number of hydrogen-bond donors (Lipinski definition) is 1. The fraction of sp³-hybridized carbons (Fsp3) is 0.769. The normalized spacial score (nSPS) is 30.3. The summed E-state index contributed by atoms with van der Waals surface area (Å²) in [6, 6.07) is 0. The van der Waals surface area contributed by atoms with E-state index in [1.54, 1.807) is 6.08 Å². The van der Waals surface area contributed by atoms with Crippen molar-refractivity contribution in [2.75, 3.05) is 6.61 Å². The van der Waals surface area contributed by atoms with Gasteiger partial charge in [-0.1, -0.05) is 6.92 Å². The zero-order valence-electron chi connectivity index (χ0n) is 10.8. The van der Waals surface area contributed by atoms with E-state index in [0.717, 1.165) is 12.8 Å². The van der Waals surface area contributed by atoms with Crippen LogP contribution >= 0.6 is 0 Å². The fourth-order valence-corrected chi connectivity index (χ4v) is 2.15. The molecule has 1 fully saturated rings. The molecule has 0 aliphatic carbocycles. The molecule has 0 spiro atoms. The summed E-state index contributed by atoms with van der Waals surface area (Å²) in [5, 5.41) is 8.85. The summed E-state index contributed by atoms with van der Waals surface area (Å²) in [4.78, 5) is 10.8. The summed E-state index contributed by atoms with van der Waals surface area (Å²) in [5.41, 5.74) is 0.415. The van der Waals surface area contributed by atoms with Gasteiger partial charge in [0.25, 0.3) is 0 Å². The zero-order valence-corrected chi connectivity index (χ0v) is 10.8. The van der Waals surface area contributed by atoms with Crippen LogP contribution in [-0.2, 0) is 14.3 Å². The number of carbonyl (C=O) groups is 1. The maximum Gasteiger partial charge on any atom is 0.331 e. The lowest BCUT2D eigenvalue weighted by atomic mass is 10.0. The lowest BCUT2D eigenvalue weighted by Gasteiger charge is -2.31. The standard InChI is InChI=1S/C13H22O4/c1-4-11(13(14)15)5-6-16-12-7-9(2)17-10(3)8-12/h5,9-10,12H,4,6-8H2,1-3H3,(H,14,15). The fourth-order valence-electron chi connectivity index (χ4n) is 2.15. The van der Waals surface area contributed by atoms with Gasteiger partial charge in [-0.05, 0) is 39.2 Å². The summed E-state index contributed by atoms with van der Waals surface area (Å²) < 4.78 is 11.3. The second-order valence-electron chi connectivity index (χ2n) is 4.57. The first-order valence-corrected chi connectivity index (χ1v) is 6.22. The Labute approximate surface area is 103 Å². The van der Waals surface area contributed by atoms with Gasteiger partial charge in [0.05, 0.1) is 24.9 Å². The van der Waals surface area contributed by atoms with Gasteiger partial charge in [-0.2, -0.15) is 0 Å². The van der Waals surface area contributed by atoms with Crippen LogP contribution in [0.15, 0.2) is 11.6 Å². The number of carboxylic acids is 1. The SMILES string of the molecule is CCC(=CCOC1CC(C)OC(C)C1)C(=O)O. The Bertz CT molecular complexity index is 275. The van der Waals surface area contributed by atoms with Crippen LogP contribution in [0.5, 0.6) is 0 Å². The first-order chi connectivity index (χ1) is 8.02. The van der Waals surface area contributed by atoms with Crippen molar-refractivity contribution < 1.29 is 19.4 Å². The van der Waals surface area contributed by atoms with E-state index in [0.29, 0.717) is 18.6 Å². The molecule has 1 heterocycles. The molecular weight excluding hydrogens is 220 g/mol. The minimum atomic E-state index is -0.857. The summed E-state index contributed by atoms with van der Waals surface area (Å²) >= 11 is 0. The van der Waals surface area contributed by atoms with E-state index in [4.69, 9.17) is 14.6 Å². The number of hydrogen-bond acceptors (Lipinski definition) is 3. The topological polar surface area (TPSA) is 55.8 Å². The van der Waals surface area contributed by atoms with Crippen LogP contribution in [-0.4, -0.2) is 36.0 Å². The third-order valence-electron chi connectivity index (χ3n) is 2.97. The van der Waals surface area contributed by atoms with Gasteiger partial charge < -0.3 is 14.6 Å². The predicted octanol–water partition coefficient (Wildman–Crippen LogP) is 2.38. The first kappa shape index (κ1) is 14.2. The minimum absolute atomic E-state index is 0.178. The monoisotopic (exact) mass is 242 g/mol. The van der Waals surface area contributed by atoms with E-state index >= 15 is 0 Å². The number of carboxylic acid groups (broad SMARTS) is 1. The number of ether oxygens (including phenoxy) is 2. The van der Waals surface area contributed by atoms with Crippen molar-refractivity contribution in [1.29, 1.82) is 0 Å². The van der Waals surface area contributed by atoms with Crippen LogP contribution in [0.2, 0.25) is 0 Å². The summed E-state index contributed by atoms with van der Waals surface area (Å²) in [5.74, 6) is -0.857. The van der Waals surface area contributed by atoms with Crippen molar-refractivity contribution in [3.63, 3.8) is 0 Å². The van der Waals surface area contributed by atoms with Crippen LogP contribution < -0.4 is 0 Å². The Morgan fingerprint density at radius 3 is 2.47 bits per heavy atom. The zero-order chi connectivity index (χ0) is 12.8. The van der Waals surface area contributed by atoms with Gasteiger partial charge in [0.15, 0.2) is 0 Å².